The topological polar surface area (TPSA) is 129 Å². The Morgan fingerprint density at radius 1 is 1.26 bits per heavy atom. The highest BCUT2D eigenvalue weighted by atomic mass is 32.2. The van der Waals surface area contributed by atoms with Gasteiger partial charge in [-0.05, 0) is 36.6 Å². The molecule has 2 N–H and O–H groups in total. The highest BCUT2D eigenvalue weighted by molar-refractivity contribution is 7.87. The van der Waals surface area contributed by atoms with E-state index < -0.39 is 33.7 Å². The molecule has 2 heterocycles. The summed E-state index contributed by atoms with van der Waals surface area (Å²) in [6, 6.07) is 1.83. The molecule has 1 amide bonds. The molecule has 1 aromatic carbocycles. The quantitative estimate of drug-likeness (QED) is 0.668. The van der Waals surface area contributed by atoms with Crippen molar-refractivity contribution in [3.8, 4) is 0 Å². The molecule has 2 aromatic rings. The van der Waals surface area contributed by atoms with Gasteiger partial charge in [0, 0.05) is 39.0 Å². The molecule has 0 spiro atoms. The fraction of sp³-hybridized carbons (Fsp3) is 0.526. The van der Waals surface area contributed by atoms with E-state index in [1.54, 1.807) is 24.8 Å². The fourth-order valence-corrected chi connectivity index (χ4v) is 5.17. The second-order valence-electron chi connectivity index (χ2n) is 7.65. The summed E-state index contributed by atoms with van der Waals surface area (Å²) >= 11 is 0. The maximum atomic E-state index is 14.7. The molecule has 10 nitrogen and oxygen atoms in total. The van der Waals surface area contributed by atoms with Crippen molar-refractivity contribution >= 4 is 16.1 Å². The maximum absolute atomic E-state index is 14.7. The summed E-state index contributed by atoms with van der Waals surface area (Å²) in [4.78, 5) is 24.6. The number of halogens is 1. The average molecular weight is 456 g/mol. The number of carbonyl (C=O) groups excluding carboxylic acids is 1. The molecule has 0 saturated carbocycles. The molecule has 2 atom stereocenters. The van der Waals surface area contributed by atoms with Gasteiger partial charge < -0.3 is 9.32 Å². The zero-order valence-corrected chi connectivity index (χ0v) is 18.6. The van der Waals surface area contributed by atoms with E-state index in [1.807, 2.05) is 6.92 Å². The van der Waals surface area contributed by atoms with Crippen LogP contribution in [-0.4, -0.2) is 59.9 Å². The minimum atomic E-state index is -4.05. The number of aromatic nitrogens is 2. The van der Waals surface area contributed by atoms with Gasteiger partial charge in [0.2, 0.25) is 11.8 Å². The van der Waals surface area contributed by atoms with Crippen LogP contribution >= 0.6 is 0 Å². The minimum Gasteiger partial charge on any atom is -0.391 e. The predicted molar refractivity (Wildman–Crippen MR) is 110 cm³/mol. The summed E-state index contributed by atoms with van der Waals surface area (Å²) in [7, 11) is -4.05. The smallest absolute Gasteiger partial charge is 0.391 e. The van der Waals surface area contributed by atoms with Crippen LogP contribution in [-0.2, 0) is 15.0 Å². The number of nitrogens with one attached hydrogen (secondary N) is 2. The lowest BCUT2D eigenvalue weighted by atomic mass is 9.88. The number of nitrogens with zero attached hydrogens (tertiary/aromatic N) is 3. The van der Waals surface area contributed by atoms with Crippen molar-refractivity contribution in [3.05, 3.63) is 51.1 Å². The van der Waals surface area contributed by atoms with Gasteiger partial charge >= 0.3 is 5.76 Å². The third-order valence-corrected chi connectivity index (χ3v) is 7.31. The monoisotopic (exact) mass is 455 g/mol. The van der Waals surface area contributed by atoms with Crippen LogP contribution in [0.3, 0.4) is 0 Å². The van der Waals surface area contributed by atoms with E-state index >= 15 is 0 Å². The number of carbonyl (C=O) groups is 1. The molecule has 0 radical (unpaired) electrons. The SMILES string of the molecule is CC(=O)N1CCN(S(=O)(=O)N[C@H](c2n[nH]c(=O)o2)C(C)c2c(F)ccc(C)c2C)CC1. The predicted octanol–water partition coefficient (Wildman–Crippen LogP) is 0.962. The molecule has 31 heavy (non-hydrogen) atoms. The third kappa shape index (κ3) is 4.86. The maximum Gasteiger partial charge on any atom is 0.434 e. The second kappa shape index (κ2) is 8.89. The Balaban J connectivity index is 1.93. The molecule has 1 fully saturated rings. The fourth-order valence-electron chi connectivity index (χ4n) is 3.75. The Kier molecular flexibility index (Phi) is 6.62. The number of aryl methyl sites for hydroxylation is 1. The van der Waals surface area contributed by atoms with Crippen molar-refractivity contribution in [2.75, 3.05) is 26.2 Å². The lowest BCUT2D eigenvalue weighted by molar-refractivity contribution is -0.129. The molecule has 1 saturated heterocycles. The van der Waals surface area contributed by atoms with Crippen LogP contribution in [0.15, 0.2) is 21.3 Å². The average Bonchev–Trinajstić information content (AvgIpc) is 3.15. The molecule has 1 aromatic heterocycles. The number of aromatic amines is 1. The third-order valence-electron chi connectivity index (χ3n) is 5.71. The first-order valence-corrected chi connectivity index (χ1v) is 11.3. The van der Waals surface area contributed by atoms with E-state index in [4.69, 9.17) is 4.42 Å². The molecule has 0 aliphatic carbocycles. The Morgan fingerprint density at radius 2 is 1.90 bits per heavy atom. The van der Waals surface area contributed by atoms with Gasteiger partial charge in [-0.1, -0.05) is 13.0 Å². The largest absolute Gasteiger partial charge is 0.434 e. The minimum absolute atomic E-state index is 0.109. The molecule has 170 valence electrons. The molecular formula is C19H26FN5O5S. The summed E-state index contributed by atoms with van der Waals surface area (Å²) in [6.07, 6.45) is 0. The van der Waals surface area contributed by atoms with Crippen molar-refractivity contribution in [3.63, 3.8) is 0 Å². The van der Waals surface area contributed by atoms with Gasteiger partial charge in [-0.2, -0.15) is 17.4 Å². The van der Waals surface area contributed by atoms with Crippen LogP contribution in [0.25, 0.3) is 0 Å². The molecule has 1 aliphatic heterocycles. The van der Waals surface area contributed by atoms with Crippen molar-refractivity contribution in [1.82, 2.24) is 24.1 Å². The van der Waals surface area contributed by atoms with Gasteiger partial charge in [0.25, 0.3) is 10.2 Å². The van der Waals surface area contributed by atoms with Gasteiger partial charge in [-0.15, -0.1) is 5.10 Å². The first kappa shape index (κ1) is 23.1. The number of H-pyrrole nitrogens is 1. The van der Waals surface area contributed by atoms with E-state index in [1.165, 1.54) is 17.3 Å². The Labute approximate surface area is 179 Å². The van der Waals surface area contributed by atoms with Crippen molar-refractivity contribution in [1.29, 1.82) is 0 Å². The number of amides is 1. The van der Waals surface area contributed by atoms with Crippen molar-refractivity contribution in [2.45, 2.75) is 39.7 Å². The Bertz CT molecular complexity index is 1120. The molecular weight excluding hydrogens is 429 g/mol. The van der Waals surface area contributed by atoms with E-state index in [2.05, 4.69) is 14.9 Å². The Morgan fingerprint density at radius 3 is 2.45 bits per heavy atom. The summed E-state index contributed by atoms with van der Waals surface area (Å²) < 4.78 is 49.7. The second-order valence-corrected chi connectivity index (χ2v) is 9.35. The molecule has 12 heteroatoms. The van der Waals surface area contributed by atoms with Crippen LogP contribution in [0.5, 0.6) is 0 Å². The van der Waals surface area contributed by atoms with E-state index in [9.17, 15) is 22.4 Å². The van der Waals surface area contributed by atoms with Gasteiger partial charge in [0.1, 0.15) is 11.9 Å². The van der Waals surface area contributed by atoms with Crippen LogP contribution in [0.2, 0.25) is 0 Å². The lowest BCUT2D eigenvalue weighted by Gasteiger charge is -2.34. The van der Waals surface area contributed by atoms with Crippen LogP contribution < -0.4 is 10.5 Å². The number of hydrogen-bond donors (Lipinski definition) is 2. The highest BCUT2D eigenvalue weighted by Crippen LogP contribution is 2.35. The molecule has 1 unspecified atom stereocenters. The van der Waals surface area contributed by atoms with Gasteiger partial charge in [0.05, 0.1) is 0 Å². The molecule has 0 bridgehead atoms. The first-order chi connectivity index (χ1) is 14.5. The van der Waals surface area contributed by atoms with Crippen LogP contribution in [0, 0.1) is 19.7 Å². The summed E-state index contributed by atoms with van der Waals surface area (Å²) in [5.41, 5.74) is 1.82. The number of piperazine rings is 1. The van der Waals surface area contributed by atoms with Crippen LogP contribution in [0.1, 0.15) is 48.4 Å². The van der Waals surface area contributed by atoms with E-state index in [0.29, 0.717) is 11.1 Å². The summed E-state index contributed by atoms with van der Waals surface area (Å²) in [5.74, 6) is -2.39. The number of rotatable bonds is 6. The molecule has 3 rings (SSSR count). The Hall–Kier alpha value is -2.57. The molecule has 1 aliphatic rings. The first-order valence-electron chi connectivity index (χ1n) is 9.85. The number of hydrogen-bond acceptors (Lipinski definition) is 6. The standard InChI is InChI=1S/C19H26FN5O5S/c1-11-5-6-15(20)16(12(11)2)13(3)17(18-21-22-19(27)30-18)23-31(28,29)25-9-7-24(8-10-25)14(4)26/h5-6,13,17,23H,7-10H2,1-4H3,(H,22,27)/t13?,17-/m0/s1. The number of benzene rings is 1. The highest BCUT2D eigenvalue weighted by Gasteiger charge is 2.36. The van der Waals surface area contributed by atoms with Crippen molar-refractivity contribution < 1.29 is 22.0 Å². The van der Waals surface area contributed by atoms with Crippen molar-refractivity contribution in [2.24, 2.45) is 0 Å². The zero-order chi connectivity index (χ0) is 22.9. The summed E-state index contributed by atoms with van der Waals surface area (Å²) in [6.45, 7) is 7.39. The lowest BCUT2D eigenvalue weighted by Crippen LogP contribution is -2.53. The summed E-state index contributed by atoms with van der Waals surface area (Å²) in [5, 5.41) is 5.91. The van der Waals surface area contributed by atoms with Gasteiger partial charge in [-0.3, -0.25) is 4.79 Å². The van der Waals surface area contributed by atoms with E-state index in [-0.39, 0.29) is 38.0 Å². The van der Waals surface area contributed by atoms with Gasteiger partial charge in [-0.25, -0.2) is 14.3 Å². The normalized spacial score (nSPS) is 17.5. The van der Waals surface area contributed by atoms with E-state index in [0.717, 1.165) is 5.56 Å². The van der Waals surface area contributed by atoms with Gasteiger partial charge in [0.15, 0.2) is 0 Å². The zero-order valence-electron chi connectivity index (χ0n) is 17.8. The van der Waals surface area contributed by atoms with Crippen LogP contribution in [0.4, 0.5) is 4.39 Å².